The summed E-state index contributed by atoms with van der Waals surface area (Å²) in [6.45, 7) is 3.18. The fraction of sp³-hybridized carbons (Fsp3) is 0.500. The second kappa shape index (κ2) is 5.99. The van der Waals surface area contributed by atoms with Crippen molar-refractivity contribution in [1.29, 1.82) is 0 Å². The van der Waals surface area contributed by atoms with Crippen LogP contribution >= 0.6 is 12.4 Å². The number of nitrogens with two attached hydrogens (primary N) is 1. The molecule has 0 amide bonds. The maximum absolute atomic E-state index is 5.51. The van der Waals surface area contributed by atoms with Gasteiger partial charge < -0.3 is 10.6 Å². The SMILES string of the molecule is Cl.NCCc1ccc(N2CCCC2)cc1. The minimum atomic E-state index is 0. The van der Waals surface area contributed by atoms with Gasteiger partial charge in [-0.25, -0.2) is 0 Å². The van der Waals surface area contributed by atoms with Crippen molar-refractivity contribution < 1.29 is 0 Å². The Hall–Kier alpha value is -0.730. The predicted molar refractivity (Wildman–Crippen MR) is 67.9 cm³/mol. The Labute approximate surface area is 97.9 Å². The second-order valence-electron chi connectivity index (χ2n) is 3.90. The van der Waals surface area contributed by atoms with Crippen molar-refractivity contribution in [2.24, 2.45) is 5.73 Å². The third kappa shape index (κ3) is 3.11. The maximum Gasteiger partial charge on any atom is 0.0366 e. The zero-order chi connectivity index (χ0) is 9.80. The standard InChI is InChI=1S/C12H18N2.ClH/c13-8-7-11-3-5-12(6-4-11)14-9-1-2-10-14;/h3-6H,1-2,7-10,13H2;1H. The molecule has 0 aliphatic carbocycles. The number of hydrogen-bond donors (Lipinski definition) is 1. The molecule has 1 aliphatic heterocycles. The van der Waals surface area contributed by atoms with Crippen molar-refractivity contribution in [1.82, 2.24) is 0 Å². The largest absolute Gasteiger partial charge is 0.372 e. The van der Waals surface area contributed by atoms with E-state index in [2.05, 4.69) is 29.2 Å². The Morgan fingerprint density at radius 2 is 1.67 bits per heavy atom. The first-order valence-corrected chi connectivity index (χ1v) is 5.44. The molecule has 0 saturated carbocycles. The highest BCUT2D eigenvalue weighted by molar-refractivity contribution is 5.85. The lowest BCUT2D eigenvalue weighted by Crippen LogP contribution is -2.17. The molecule has 0 aromatic heterocycles. The summed E-state index contributed by atoms with van der Waals surface area (Å²) in [5, 5.41) is 0. The van der Waals surface area contributed by atoms with E-state index in [1.165, 1.54) is 37.2 Å². The zero-order valence-electron chi connectivity index (χ0n) is 8.98. The van der Waals surface area contributed by atoms with E-state index in [4.69, 9.17) is 5.73 Å². The molecule has 1 saturated heterocycles. The van der Waals surface area contributed by atoms with Crippen LogP contribution in [-0.4, -0.2) is 19.6 Å². The molecule has 2 N–H and O–H groups in total. The average Bonchev–Trinajstić information content (AvgIpc) is 2.72. The van der Waals surface area contributed by atoms with Crippen molar-refractivity contribution >= 4 is 18.1 Å². The Morgan fingerprint density at radius 1 is 1.07 bits per heavy atom. The quantitative estimate of drug-likeness (QED) is 0.857. The molecule has 0 spiro atoms. The molecule has 2 nitrogen and oxygen atoms in total. The molecular formula is C12H19ClN2. The van der Waals surface area contributed by atoms with Crippen LogP contribution in [0.3, 0.4) is 0 Å². The highest BCUT2D eigenvalue weighted by Crippen LogP contribution is 2.20. The van der Waals surface area contributed by atoms with Crippen molar-refractivity contribution in [3.63, 3.8) is 0 Å². The highest BCUT2D eigenvalue weighted by Gasteiger charge is 2.11. The number of benzene rings is 1. The molecule has 1 aliphatic rings. The van der Waals surface area contributed by atoms with Crippen LogP contribution in [0.1, 0.15) is 18.4 Å². The van der Waals surface area contributed by atoms with Gasteiger partial charge in [-0.1, -0.05) is 12.1 Å². The molecule has 3 heteroatoms. The normalized spacial score (nSPS) is 15.1. The van der Waals surface area contributed by atoms with Gasteiger partial charge in [-0.05, 0) is 43.5 Å². The molecular weight excluding hydrogens is 208 g/mol. The van der Waals surface area contributed by atoms with Gasteiger partial charge >= 0.3 is 0 Å². The van der Waals surface area contributed by atoms with Gasteiger partial charge in [0.15, 0.2) is 0 Å². The summed E-state index contributed by atoms with van der Waals surface area (Å²) >= 11 is 0. The summed E-state index contributed by atoms with van der Waals surface area (Å²) in [6, 6.07) is 8.83. The first kappa shape index (κ1) is 12.3. The van der Waals surface area contributed by atoms with E-state index in [0.717, 1.165) is 13.0 Å². The van der Waals surface area contributed by atoms with Gasteiger partial charge in [-0.3, -0.25) is 0 Å². The van der Waals surface area contributed by atoms with Crippen molar-refractivity contribution in [2.45, 2.75) is 19.3 Å². The van der Waals surface area contributed by atoms with Gasteiger partial charge in [0.25, 0.3) is 0 Å². The smallest absolute Gasteiger partial charge is 0.0366 e. The molecule has 0 atom stereocenters. The van der Waals surface area contributed by atoms with Gasteiger partial charge in [0.05, 0.1) is 0 Å². The minimum Gasteiger partial charge on any atom is -0.372 e. The first-order valence-electron chi connectivity index (χ1n) is 5.44. The molecule has 84 valence electrons. The van der Waals surface area contributed by atoms with Crippen LogP contribution in [-0.2, 0) is 6.42 Å². The maximum atomic E-state index is 5.51. The monoisotopic (exact) mass is 226 g/mol. The van der Waals surface area contributed by atoms with E-state index in [1.807, 2.05) is 0 Å². The topological polar surface area (TPSA) is 29.3 Å². The molecule has 0 bridgehead atoms. The summed E-state index contributed by atoms with van der Waals surface area (Å²) in [7, 11) is 0. The zero-order valence-corrected chi connectivity index (χ0v) is 9.80. The molecule has 1 aromatic carbocycles. The van der Waals surface area contributed by atoms with E-state index in [9.17, 15) is 0 Å². The van der Waals surface area contributed by atoms with E-state index < -0.39 is 0 Å². The van der Waals surface area contributed by atoms with E-state index in [-0.39, 0.29) is 12.4 Å². The number of nitrogens with zero attached hydrogens (tertiary/aromatic N) is 1. The van der Waals surface area contributed by atoms with Crippen LogP contribution in [0, 0.1) is 0 Å². The van der Waals surface area contributed by atoms with Gasteiger partial charge in [0, 0.05) is 18.8 Å². The fourth-order valence-corrected chi connectivity index (χ4v) is 2.02. The third-order valence-corrected chi connectivity index (χ3v) is 2.84. The molecule has 1 aromatic rings. The van der Waals surface area contributed by atoms with Crippen LogP contribution in [0.25, 0.3) is 0 Å². The number of halogens is 1. The third-order valence-electron chi connectivity index (χ3n) is 2.84. The summed E-state index contributed by atoms with van der Waals surface area (Å²) in [4.78, 5) is 2.45. The molecule has 0 unspecified atom stereocenters. The van der Waals surface area contributed by atoms with Gasteiger partial charge in [-0.2, -0.15) is 0 Å². The van der Waals surface area contributed by atoms with Crippen molar-refractivity contribution in [3.05, 3.63) is 29.8 Å². The molecule has 1 heterocycles. The van der Waals surface area contributed by atoms with Crippen LogP contribution < -0.4 is 10.6 Å². The van der Waals surface area contributed by atoms with Crippen LogP contribution in [0.15, 0.2) is 24.3 Å². The molecule has 2 rings (SSSR count). The number of anilines is 1. The summed E-state index contributed by atoms with van der Waals surface area (Å²) in [5.74, 6) is 0. The van der Waals surface area contributed by atoms with Gasteiger partial charge in [0.2, 0.25) is 0 Å². The summed E-state index contributed by atoms with van der Waals surface area (Å²) < 4.78 is 0. The van der Waals surface area contributed by atoms with Crippen LogP contribution in [0.4, 0.5) is 5.69 Å². The molecule has 0 radical (unpaired) electrons. The Balaban J connectivity index is 0.00000112. The highest BCUT2D eigenvalue weighted by atomic mass is 35.5. The van der Waals surface area contributed by atoms with E-state index >= 15 is 0 Å². The minimum absolute atomic E-state index is 0. The lowest BCUT2D eigenvalue weighted by molar-refractivity contribution is 0.949. The lowest BCUT2D eigenvalue weighted by Gasteiger charge is -2.17. The Morgan fingerprint density at radius 3 is 2.20 bits per heavy atom. The molecule has 15 heavy (non-hydrogen) atoms. The van der Waals surface area contributed by atoms with E-state index in [1.54, 1.807) is 0 Å². The number of rotatable bonds is 3. The second-order valence-corrected chi connectivity index (χ2v) is 3.90. The van der Waals surface area contributed by atoms with Crippen molar-refractivity contribution in [2.75, 3.05) is 24.5 Å². The van der Waals surface area contributed by atoms with E-state index in [0.29, 0.717) is 0 Å². The fourth-order valence-electron chi connectivity index (χ4n) is 2.02. The predicted octanol–water partition coefficient (Wildman–Crippen LogP) is 2.21. The average molecular weight is 227 g/mol. The summed E-state index contributed by atoms with van der Waals surface area (Å²) in [5.41, 5.74) is 8.22. The first-order chi connectivity index (χ1) is 6.90. The van der Waals surface area contributed by atoms with Gasteiger partial charge in [-0.15, -0.1) is 12.4 Å². The van der Waals surface area contributed by atoms with Gasteiger partial charge in [0.1, 0.15) is 0 Å². The lowest BCUT2D eigenvalue weighted by atomic mass is 10.1. The Kier molecular flexibility index (Phi) is 4.92. The van der Waals surface area contributed by atoms with Crippen LogP contribution in [0.5, 0.6) is 0 Å². The molecule has 1 fully saturated rings. The Bertz CT molecular complexity index is 278. The van der Waals surface area contributed by atoms with Crippen molar-refractivity contribution in [3.8, 4) is 0 Å². The van der Waals surface area contributed by atoms with Crippen LogP contribution in [0.2, 0.25) is 0 Å². The summed E-state index contributed by atoms with van der Waals surface area (Å²) in [6.07, 6.45) is 3.66. The number of hydrogen-bond acceptors (Lipinski definition) is 2.